The molecule has 0 aliphatic carbocycles. The summed E-state index contributed by atoms with van der Waals surface area (Å²) in [5.41, 5.74) is -1.26. The molecule has 0 amide bonds. The van der Waals surface area contributed by atoms with E-state index >= 15 is 0 Å². The van der Waals surface area contributed by atoms with Crippen LogP contribution in [0.1, 0.15) is 0 Å². The predicted octanol–water partition coefficient (Wildman–Crippen LogP) is 0.721. The van der Waals surface area contributed by atoms with Crippen LogP contribution in [0.15, 0.2) is 62.5 Å². The molecule has 0 spiro atoms. The van der Waals surface area contributed by atoms with Crippen molar-refractivity contribution >= 4 is 60.9 Å². The van der Waals surface area contributed by atoms with Gasteiger partial charge in [-0.05, 0) is 0 Å². The maximum absolute atomic E-state index is 11.8. The molecule has 3 aromatic rings. The monoisotopic (exact) mass is 548 g/mol. The second-order valence-electron chi connectivity index (χ2n) is 6.30. The molecule has 16 heteroatoms. The Morgan fingerprint density at radius 1 is 0.844 bits per heavy atom. The molecular weight excluding hydrogens is 535 g/mol. The first-order valence-electron chi connectivity index (χ1n) is 8.15. The molecular formula is C16H13AsN2O11S2. The van der Waals surface area contributed by atoms with Crippen LogP contribution in [0.4, 0.5) is 11.4 Å². The second-order valence-corrected chi connectivity index (χ2v) is 12.4. The number of phenols is 2. The average Bonchev–Trinajstić information content (AvgIpc) is 2.64. The van der Waals surface area contributed by atoms with Crippen molar-refractivity contribution in [2.45, 2.75) is 9.79 Å². The topological polar surface area (TPSA) is 231 Å². The number of hydrogen-bond donors (Lipinski definition) is 6. The normalized spacial score (nSPS) is 13.1. The Labute approximate surface area is 182 Å². The molecule has 13 nitrogen and oxygen atoms in total. The molecule has 0 saturated carbocycles. The fourth-order valence-corrected chi connectivity index (χ4v) is 5.44. The van der Waals surface area contributed by atoms with Gasteiger partial charge in [-0.25, -0.2) is 0 Å². The van der Waals surface area contributed by atoms with Gasteiger partial charge in [0.25, 0.3) is 0 Å². The van der Waals surface area contributed by atoms with E-state index in [-0.39, 0.29) is 5.69 Å². The Kier molecular flexibility index (Phi) is 5.95. The Morgan fingerprint density at radius 3 is 2.03 bits per heavy atom. The summed E-state index contributed by atoms with van der Waals surface area (Å²) >= 11 is -5.47. The SMILES string of the molecule is O=S(=O)(O)c1cc(O)c2c(O)c(N=Nc3ccccc3[As](=O)(O)O)c(S(=O)(=O)O)cc2c1. The van der Waals surface area contributed by atoms with E-state index in [1.165, 1.54) is 12.1 Å². The summed E-state index contributed by atoms with van der Waals surface area (Å²) in [6, 6.07) is 6.86. The van der Waals surface area contributed by atoms with Crippen molar-refractivity contribution in [3.8, 4) is 11.5 Å². The minimum atomic E-state index is -5.47. The molecule has 0 unspecified atom stereocenters. The standard InChI is InChI=1S/C16H13AsN2O11S2/c20-12-7-9(31(25,26)27)5-8-6-13(32(28,29)30)15(16(21)14(8)12)19-18-11-4-2-1-3-10(11)17(22,23)24/h1-7,20-21H,(H2,22,23,24)(H,25,26,27)(H,28,29,30). The molecule has 32 heavy (non-hydrogen) atoms. The van der Waals surface area contributed by atoms with E-state index in [0.29, 0.717) is 12.1 Å². The third-order valence-corrected chi connectivity index (χ3v) is 7.94. The zero-order valence-electron chi connectivity index (χ0n) is 15.4. The van der Waals surface area contributed by atoms with Gasteiger partial charge >= 0.3 is 183 Å². The summed E-state index contributed by atoms with van der Waals surface area (Å²) in [5, 5.41) is 26.8. The zero-order chi connectivity index (χ0) is 24.1. The molecule has 0 aliphatic heterocycles. The molecule has 3 rings (SSSR count). The first-order valence-corrected chi connectivity index (χ1v) is 14.4. The van der Waals surface area contributed by atoms with Crippen LogP contribution in [0, 0.1) is 0 Å². The van der Waals surface area contributed by atoms with Crippen LogP contribution in [0.3, 0.4) is 0 Å². The van der Waals surface area contributed by atoms with Crippen LogP contribution in [0.25, 0.3) is 10.8 Å². The number of phenolic OH excluding ortho intramolecular Hbond substituents is 2. The van der Waals surface area contributed by atoms with Gasteiger partial charge in [0.1, 0.15) is 0 Å². The van der Waals surface area contributed by atoms with Gasteiger partial charge in [0.2, 0.25) is 0 Å². The van der Waals surface area contributed by atoms with Crippen molar-refractivity contribution in [2.75, 3.05) is 0 Å². The summed E-state index contributed by atoms with van der Waals surface area (Å²) in [5.74, 6) is -1.93. The van der Waals surface area contributed by atoms with Gasteiger partial charge < -0.3 is 0 Å². The second kappa shape index (κ2) is 7.97. The van der Waals surface area contributed by atoms with E-state index in [1.807, 2.05) is 0 Å². The molecule has 0 aliphatic rings. The van der Waals surface area contributed by atoms with Crippen LogP contribution in [0.2, 0.25) is 0 Å². The summed E-state index contributed by atoms with van der Waals surface area (Å²) in [6.45, 7) is 0. The van der Waals surface area contributed by atoms with Crippen LogP contribution in [-0.4, -0.2) is 58.5 Å². The molecule has 0 bridgehead atoms. The molecule has 0 atom stereocenters. The Hall–Kier alpha value is -2.78. The number of fused-ring (bicyclic) bond motifs is 1. The van der Waals surface area contributed by atoms with Crippen molar-refractivity contribution in [1.82, 2.24) is 0 Å². The van der Waals surface area contributed by atoms with Gasteiger partial charge in [-0.3, -0.25) is 0 Å². The van der Waals surface area contributed by atoms with Gasteiger partial charge in [0.05, 0.1) is 0 Å². The van der Waals surface area contributed by atoms with Gasteiger partial charge in [0.15, 0.2) is 0 Å². The fourth-order valence-electron chi connectivity index (χ4n) is 2.78. The number of hydrogen-bond acceptors (Lipinski definition) is 9. The van der Waals surface area contributed by atoms with Crippen LogP contribution < -0.4 is 4.35 Å². The third kappa shape index (κ3) is 4.68. The molecule has 0 fully saturated rings. The van der Waals surface area contributed by atoms with Crippen molar-refractivity contribution in [3.63, 3.8) is 0 Å². The summed E-state index contributed by atoms with van der Waals surface area (Å²) in [4.78, 5) is -1.88. The molecule has 6 N–H and O–H groups in total. The van der Waals surface area contributed by atoms with E-state index in [0.717, 1.165) is 18.2 Å². The van der Waals surface area contributed by atoms with Gasteiger partial charge in [-0.15, -0.1) is 0 Å². The summed E-state index contributed by atoms with van der Waals surface area (Å²) in [7, 11) is -9.93. The molecule has 0 saturated heterocycles. The molecule has 0 radical (unpaired) electrons. The molecule has 3 aromatic carbocycles. The Morgan fingerprint density at radius 2 is 1.47 bits per heavy atom. The van der Waals surface area contributed by atoms with Gasteiger partial charge in [0, 0.05) is 0 Å². The van der Waals surface area contributed by atoms with Crippen LogP contribution in [-0.2, 0) is 24.0 Å². The zero-order valence-corrected chi connectivity index (χ0v) is 18.9. The summed E-state index contributed by atoms with van der Waals surface area (Å²) < 4.78 is 95.2. The number of aromatic hydroxyl groups is 2. The number of rotatable bonds is 5. The Balaban J connectivity index is 2.35. The van der Waals surface area contributed by atoms with Crippen LogP contribution >= 0.6 is 0 Å². The molecule has 0 aromatic heterocycles. The minimum absolute atomic E-state index is 0.355. The first kappa shape index (κ1) is 23.9. The van der Waals surface area contributed by atoms with E-state index in [1.54, 1.807) is 0 Å². The maximum atomic E-state index is 11.8. The van der Waals surface area contributed by atoms with Gasteiger partial charge in [-0.1, -0.05) is 0 Å². The fraction of sp³-hybridized carbons (Fsp3) is 0. The number of benzene rings is 3. The van der Waals surface area contributed by atoms with E-state index in [2.05, 4.69) is 10.2 Å². The van der Waals surface area contributed by atoms with Crippen molar-refractivity contribution in [2.24, 2.45) is 10.2 Å². The molecule has 170 valence electrons. The Bertz CT molecular complexity index is 1540. The first-order chi connectivity index (χ1) is 14.6. The van der Waals surface area contributed by atoms with Crippen molar-refractivity contribution in [3.05, 3.63) is 42.5 Å². The molecule has 0 heterocycles. The van der Waals surface area contributed by atoms with Crippen molar-refractivity contribution in [1.29, 1.82) is 0 Å². The van der Waals surface area contributed by atoms with E-state index < -0.39 is 76.5 Å². The van der Waals surface area contributed by atoms with Gasteiger partial charge in [-0.2, -0.15) is 0 Å². The van der Waals surface area contributed by atoms with E-state index in [9.17, 15) is 43.5 Å². The third-order valence-electron chi connectivity index (χ3n) is 4.13. The predicted molar refractivity (Wildman–Crippen MR) is 108 cm³/mol. The van der Waals surface area contributed by atoms with E-state index in [4.69, 9.17) is 4.55 Å². The number of nitrogens with zero attached hydrogens (tertiary/aromatic N) is 2. The van der Waals surface area contributed by atoms with Crippen LogP contribution in [0.5, 0.6) is 11.5 Å². The van der Waals surface area contributed by atoms with Crippen molar-refractivity contribution < 1.29 is 48.1 Å². The average molecular weight is 548 g/mol. The summed E-state index contributed by atoms with van der Waals surface area (Å²) in [6.07, 6.45) is 0. The number of azo groups is 1. The quantitative estimate of drug-likeness (QED) is 0.148.